The average molecular weight is 269 g/mol. The van der Waals surface area contributed by atoms with Crippen molar-refractivity contribution in [1.82, 2.24) is 0 Å². The van der Waals surface area contributed by atoms with Crippen LogP contribution in [0.2, 0.25) is 0 Å². The van der Waals surface area contributed by atoms with Gasteiger partial charge in [0.15, 0.2) is 0 Å². The lowest BCUT2D eigenvalue weighted by Crippen LogP contribution is -2.24. The van der Waals surface area contributed by atoms with Crippen molar-refractivity contribution in [2.75, 3.05) is 0 Å². The lowest BCUT2D eigenvalue weighted by molar-refractivity contribution is -0.137. The van der Waals surface area contributed by atoms with Crippen molar-refractivity contribution < 1.29 is 9.90 Å². The summed E-state index contributed by atoms with van der Waals surface area (Å²) in [6.45, 7) is 0. The molecule has 3 N–H and O–H groups in total. The molecule has 104 valence electrons. The Morgan fingerprint density at radius 3 is 2.40 bits per heavy atom. The Balaban J connectivity index is 2.14. The number of nitrogens with two attached hydrogens (primary N) is 1. The van der Waals surface area contributed by atoms with E-state index in [1.807, 2.05) is 30.3 Å². The van der Waals surface area contributed by atoms with Crippen molar-refractivity contribution in [1.29, 1.82) is 0 Å². The molecule has 0 heterocycles. The average Bonchev–Trinajstić information content (AvgIpc) is 2.47. The third-order valence-electron chi connectivity index (χ3n) is 3.31. The normalized spacial score (nSPS) is 12.1. The number of carbonyl (C=O) groups is 1. The zero-order valence-corrected chi connectivity index (χ0v) is 11.3. The summed E-state index contributed by atoms with van der Waals surface area (Å²) in [6.07, 6.45) is 1.31. The van der Waals surface area contributed by atoms with E-state index in [2.05, 4.69) is 24.3 Å². The monoisotopic (exact) mass is 269 g/mol. The van der Waals surface area contributed by atoms with Crippen molar-refractivity contribution in [3.8, 4) is 11.1 Å². The molecule has 20 heavy (non-hydrogen) atoms. The van der Waals surface area contributed by atoms with Crippen LogP contribution in [0.25, 0.3) is 11.1 Å². The number of rotatable bonds is 6. The Morgan fingerprint density at radius 2 is 1.70 bits per heavy atom. The van der Waals surface area contributed by atoms with Crippen molar-refractivity contribution in [3.63, 3.8) is 0 Å². The van der Waals surface area contributed by atoms with Gasteiger partial charge in [0.25, 0.3) is 0 Å². The van der Waals surface area contributed by atoms with Crippen LogP contribution in [0.3, 0.4) is 0 Å². The van der Waals surface area contributed by atoms with Crippen LogP contribution in [0.4, 0.5) is 0 Å². The van der Waals surface area contributed by atoms with E-state index in [-0.39, 0.29) is 12.5 Å². The second-order valence-corrected chi connectivity index (χ2v) is 4.92. The van der Waals surface area contributed by atoms with Gasteiger partial charge in [0.1, 0.15) is 0 Å². The highest BCUT2D eigenvalue weighted by atomic mass is 16.4. The maximum absolute atomic E-state index is 10.6. The summed E-state index contributed by atoms with van der Waals surface area (Å²) in [7, 11) is 0. The second kappa shape index (κ2) is 6.87. The van der Waals surface area contributed by atoms with Gasteiger partial charge >= 0.3 is 5.97 Å². The molecule has 2 aromatic rings. The summed E-state index contributed by atoms with van der Waals surface area (Å²) in [4.78, 5) is 10.6. The lowest BCUT2D eigenvalue weighted by Gasteiger charge is -2.14. The molecule has 0 saturated heterocycles. The van der Waals surface area contributed by atoms with Gasteiger partial charge in [-0.1, -0.05) is 54.6 Å². The minimum atomic E-state index is -0.795. The summed E-state index contributed by atoms with van der Waals surface area (Å²) < 4.78 is 0. The minimum Gasteiger partial charge on any atom is -0.481 e. The fourth-order valence-corrected chi connectivity index (χ4v) is 2.29. The van der Waals surface area contributed by atoms with Gasteiger partial charge in [-0.3, -0.25) is 4.79 Å². The Morgan fingerprint density at radius 1 is 1.05 bits per heavy atom. The van der Waals surface area contributed by atoms with Crippen LogP contribution in [-0.4, -0.2) is 17.1 Å². The van der Waals surface area contributed by atoms with E-state index in [9.17, 15) is 4.79 Å². The van der Waals surface area contributed by atoms with Crippen molar-refractivity contribution in [3.05, 3.63) is 60.2 Å². The first-order valence-electron chi connectivity index (χ1n) is 6.77. The summed E-state index contributed by atoms with van der Waals surface area (Å²) in [6, 6.07) is 18.2. The predicted octanol–water partition coefficient (Wildman–Crippen LogP) is 3.09. The van der Waals surface area contributed by atoms with Crippen LogP contribution in [0.15, 0.2) is 54.6 Å². The van der Waals surface area contributed by atoms with Gasteiger partial charge in [0.05, 0.1) is 0 Å². The topological polar surface area (TPSA) is 63.3 Å². The maximum atomic E-state index is 10.6. The maximum Gasteiger partial charge on any atom is 0.303 e. The largest absolute Gasteiger partial charge is 0.481 e. The van der Waals surface area contributed by atoms with Gasteiger partial charge in [-0.05, 0) is 29.5 Å². The second-order valence-electron chi connectivity index (χ2n) is 4.92. The smallest absolute Gasteiger partial charge is 0.303 e. The Hall–Kier alpha value is -2.13. The molecular weight excluding hydrogens is 250 g/mol. The van der Waals surface area contributed by atoms with E-state index in [4.69, 9.17) is 10.8 Å². The first-order chi connectivity index (χ1) is 9.66. The first-order valence-corrected chi connectivity index (χ1v) is 6.77. The predicted molar refractivity (Wildman–Crippen MR) is 80.4 cm³/mol. The van der Waals surface area contributed by atoms with Crippen LogP contribution in [0.1, 0.15) is 18.4 Å². The summed E-state index contributed by atoms with van der Waals surface area (Å²) in [5.41, 5.74) is 9.53. The molecule has 0 radical (unpaired) electrons. The molecule has 3 heteroatoms. The summed E-state index contributed by atoms with van der Waals surface area (Å²) >= 11 is 0. The SMILES string of the molecule is N[C@H](CCC(=O)O)Cc1ccccc1-c1ccccc1. The number of hydrogen-bond acceptors (Lipinski definition) is 2. The van der Waals surface area contributed by atoms with Crippen LogP contribution >= 0.6 is 0 Å². The zero-order chi connectivity index (χ0) is 14.4. The van der Waals surface area contributed by atoms with E-state index in [0.29, 0.717) is 12.8 Å². The number of aliphatic carboxylic acids is 1. The molecule has 2 aromatic carbocycles. The van der Waals surface area contributed by atoms with Crippen molar-refractivity contribution in [2.24, 2.45) is 5.73 Å². The Kier molecular flexibility index (Phi) is 4.91. The first kappa shape index (κ1) is 14.3. The van der Waals surface area contributed by atoms with E-state index in [0.717, 1.165) is 11.1 Å². The number of benzene rings is 2. The third kappa shape index (κ3) is 3.93. The molecule has 0 bridgehead atoms. The molecule has 0 fully saturated rings. The van der Waals surface area contributed by atoms with Crippen LogP contribution in [0.5, 0.6) is 0 Å². The highest BCUT2D eigenvalue weighted by Crippen LogP contribution is 2.24. The van der Waals surface area contributed by atoms with Gasteiger partial charge in [-0.15, -0.1) is 0 Å². The van der Waals surface area contributed by atoms with Crippen molar-refractivity contribution in [2.45, 2.75) is 25.3 Å². The van der Waals surface area contributed by atoms with Gasteiger partial charge in [0.2, 0.25) is 0 Å². The quantitative estimate of drug-likeness (QED) is 0.847. The molecule has 0 aliphatic rings. The third-order valence-corrected chi connectivity index (χ3v) is 3.31. The molecular formula is C17H19NO2. The highest BCUT2D eigenvalue weighted by Gasteiger charge is 2.10. The summed E-state index contributed by atoms with van der Waals surface area (Å²) in [5.74, 6) is -0.795. The van der Waals surface area contributed by atoms with Gasteiger partial charge in [-0.25, -0.2) is 0 Å². The lowest BCUT2D eigenvalue weighted by atomic mass is 9.94. The fourth-order valence-electron chi connectivity index (χ4n) is 2.29. The van der Waals surface area contributed by atoms with Crippen LogP contribution in [0, 0.1) is 0 Å². The molecule has 0 aromatic heterocycles. The van der Waals surface area contributed by atoms with E-state index < -0.39 is 5.97 Å². The van der Waals surface area contributed by atoms with Gasteiger partial charge in [-0.2, -0.15) is 0 Å². The van der Waals surface area contributed by atoms with E-state index in [1.165, 1.54) is 5.56 Å². The molecule has 0 amide bonds. The zero-order valence-electron chi connectivity index (χ0n) is 11.3. The van der Waals surface area contributed by atoms with Gasteiger partial charge in [0, 0.05) is 12.5 Å². The van der Waals surface area contributed by atoms with Gasteiger partial charge < -0.3 is 10.8 Å². The molecule has 1 atom stereocenters. The molecule has 0 aliphatic heterocycles. The molecule has 0 unspecified atom stereocenters. The van der Waals surface area contributed by atoms with Crippen molar-refractivity contribution >= 4 is 5.97 Å². The molecule has 0 spiro atoms. The highest BCUT2D eigenvalue weighted by molar-refractivity contribution is 5.68. The minimum absolute atomic E-state index is 0.120. The van der Waals surface area contributed by atoms with Crippen LogP contribution in [-0.2, 0) is 11.2 Å². The van der Waals surface area contributed by atoms with Crippen LogP contribution < -0.4 is 5.73 Å². The molecule has 0 saturated carbocycles. The number of carboxylic acids is 1. The summed E-state index contributed by atoms with van der Waals surface area (Å²) in [5, 5.41) is 8.71. The molecule has 0 aliphatic carbocycles. The number of carboxylic acid groups (broad SMARTS) is 1. The number of hydrogen-bond donors (Lipinski definition) is 2. The molecule has 3 nitrogen and oxygen atoms in total. The fraction of sp³-hybridized carbons (Fsp3) is 0.235. The molecule has 2 rings (SSSR count). The Bertz CT molecular complexity index is 566. The Labute approximate surface area is 119 Å². The van der Waals surface area contributed by atoms with E-state index in [1.54, 1.807) is 0 Å². The van der Waals surface area contributed by atoms with E-state index >= 15 is 0 Å². The standard InChI is InChI=1S/C17H19NO2/c18-15(10-11-17(19)20)12-14-8-4-5-9-16(14)13-6-2-1-3-7-13/h1-9,15H,10-12,18H2,(H,19,20)/t15-/m1/s1.